The van der Waals surface area contributed by atoms with Gasteiger partial charge in [0, 0.05) is 6.54 Å². The van der Waals surface area contributed by atoms with Gasteiger partial charge in [-0.2, -0.15) is 0 Å². The van der Waals surface area contributed by atoms with E-state index in [0.717, 1.165) is 31.6 Å². The molecule has 0 bridgehead atoms. The normalized spacial score (nSPS) is 28.1. The summed E-state index contributed by atoms with van der Waals surface area (Å²) in [5.74, 6) is 0.546. The van der Waals surface area contributed by atoms with Crippen molar-refractivity contribution >= 4 is 5.97 Å². The van der Waals surface area contributed by atoms with Crippen molar-refractivity contribution in [3.05, 3.63) is 0 Å². The lowest BCUT2D eigenvalue weighted by molar-refractivity contribution is -0.174. The highest BCUT2D eigenvalue weighted by molar-refractivity contribution is 5.74. The van der Waals surface area contributed by atoms with Gasteiger partial charge in [0.15, 0.2) is 6.10 Å². The van der Waals surface area contributed by atoms with Crippen LogP contribution in [0.15, 0.2) is 0 Å². The molecule has 0 aromatic carbocycles. The van der Waals surface area contributed by atoms with E-state index in [1.165, 1.54) is 12.8 Å². The van der Waals surface area contributed by atoms with Gasteiger partial charge in [0.1, 0.15) is 0 Å². The summed E-state index contributed by atoms with van der Waals surface area (Å²) in [5.41, 5.74) is 5.64. The molecule has 1 fully saturated rings. The molecule has 1 saturated carbocycles. The van der Waals surface area contributed by atoms with Crippen molar-refractivity contribution in [1.29, 1.82) is 0 Å². The van der Waals surface area contributed by atoms with Crippen molar-refractivity contribution in [2.24, 2.45) is 11.7 Å². The fraction of sp³-hybridized carbons (Fsp3) is 0.938. The van der Waals surface area contributed by atoms with Gasteiger partial charge in [0.25, 0.3) is 0 Å². The molecule has 1 atom stereocenters. The van der Waals surface area contributed by atoms with Gasteiger partial charge in [0.05, 0.1) is 12.2 Å². The summed E-state index contributed by atoms with van der Waals surface area (Å²) in [4.78, 5) is 11.9. The molecule has 1 unspecified atom stereocenters. The Labute approximate surface area is 123 Å². The molecule has 2 N–H and O–H groups in total. The third-order valence-electron chi connectivity index (χ3n) is 4.40. The molecule has 0 aromatic heterocycles. The Bertz CT molecular complexity index is 285. The van der Waals surface area contributed by atoms with E-state index in [0.29, 0.717) is 19.6 Å². The number of hydrogen-bond donors (Lipinski definition) is 1. The van der Waals surface area contributed by atoms with Crippen LogP contribution in [0.1, 0.15) is 65.7 Å². The Morgan fingerprint density at radius 3 is 2.40 bits per heavy atom. The molecule has 1 aliphatic rings. The number of rotatable bonds is 8. The maximum Gasteiger partial charge on any atom is 0.335 e. The summed E-state index contributed by atoms with van der Waals surface area (Å²) >= 11 is 0. The lowest BCUT2D eigenvalue weighted by Crippen LogP contribution is -2.48. The molecule has 0 aromatic rings. The van der Waals surface area contributed by atoms with Gasteiger partial charge in [-0.05, 0) is 44.9 Å². The largest absolute Gasteiger partial charge is 0.464 e. The van der Waals surface area contributed by atoms with Gasteiger partial charge in [-0.15, -0.1) is 0 Å². The summed E-state index contributed by atoms with van der Waals surface area (Å²) in [7, 11) is 0. The van der Waals surface area contributed by atoms with Crippen LogP contribution in [-0.4, -0.2) is 30.8 Å². The summed E-state index contributed by atoms with van der Waals surface area (Å²) in [6.45, 7) is 6.89. The van der Waals surface area contributed by atoms with E-state index < -0.39 is 6.10 Å². The molecule has 1 aliphatic carbocycles. The van der Waals surface area contributed by atoms with Crippen LogP contribution in [0, 0.1) is 5.92 Å². The second-order valence-electron chi connectivity index (χ2n) is 5.89. The van der Waals surface area contributed by atoms with Crippen LogP contribution in [0.4, 0.5) is 0 Å². The SMILES string of the molecule is CCCC1CCC(CN)(OC(CC)C(=O)OCC)CC1. The molecular weight excluding hydrogens is 254 g/mol. The van der Waals surface area contributed by atoms with E-state index in [-0.39, 0.29) is 11.6 Å². The van der Waals surface area contributed by atoms with Crippen molar-refractivity contribution in [2.75, 3.05) is 13.2 Å². The van der Waals surface area contributed by atoms with E-state index >= 15 is 0 Å². The Morgan fingerprint density at radius 1 is 1.30 bits per heavy atom. The second-order valence-corrected chi connectivity index (χ2v) is 5.89. The van der Waals surface area contributed by atoms with Crippen LogP contribution >= 0.6 is 0 Å². The molecule has 20 heavy (non-hydrogen) atoms. The Hall–Kier alpha value is -0.610. The van der Waals surface area contributed by atoms with Crippen LogP contribution in [0.2, 0.25) is 0 Å². The standard InChI is InChI=1S/C16H31NO3/c1-4-7-13-8-10-16(12-17,11-9-13)20-14(5-2)15(18)19-6-3/h13-14H,4-12,17H2,1-3H3. The Morgan fingerprint density at radius 2 is 1.95 bits per heavy atom. The summed E-state index contributed by atoms with van der Waals surface area (Å²) < 4.78 is 11.2. The minimum Gasteiger partial charge on any atom is -0.464 e. The zero-order valence-corrected chi connectivity index (χ0v) is 13.3. The Kier molecular flexibility index (Phi) is 7.52. The number of carbonyl (C=O) groups excluding carboxylic acids is 1. The van der Waals surface area contributed by atoms with Gasteiger partial charge < -0.3 is 15.2 Å². The molecule has 0 spiro atoms. The van der Waals surface area contributed by atoms with Gasteiger partial charge in [-0.1, -0.05) is 26.7 Å². The fourth-order valence-corrected chi connectivity index (χ4v) is 3.11. The zero-order valence-electron chi connectivity index (χ0n) is 13.3. The maximum atomic E-state index is 11.9. The summed E-state index contributed by atoms with van der Waals surface area (Å²) in [5, 5.41) is 0. The molecule has 0 saturated heterocycles. The average molecular weight is 285 g/mol. The maximum absolute atomic E-state index is 11.9. The Balaban J connectivity index is 2.59. The van der Waals surface area contributed by atoms with Gasteiger partial charge >= 0.3 is 5.97 Å². The first-order valence-corrected chi connectivity index (χ1v) is 8.15. The summed E-state index contributed by atoms with van der Waals surface area (Å²) in [6.07, 6.45) is 6.93. The second kappa shape index (κ2) is 8.63. The molecule has 4 heteroatoms. The third-order valence-corrected chi connectivity index (χ3v) is 4.40. The topological polar surface area (TPSA) is 61.5 Å². The highest BCUT2D eigenvalue weighted by Gasteiger charge is 2.38. The van der Waals surface area contributed by atoms with E-state index in [1.807, 2.05) is 13.8 Å². The molecule has 0 heterocycles. The van der Waals surface area contributed by atoms with Crippen LogP contribution in [0.5, 0.6) is 0 Å². The van der Waals surface area contributed by atoms with E-state index in [2.05, 4.69) is 6.92 Å². The third kappa shape index (κ3) is 4.74. The van der Waals surface area contributed by atoms with Crippen molar-refractivity contribution in [2.45, 2.75) is 77.4 Å². The van der Waals surface area contributed by atoms with E-state index in [1.54, 1.807) is 0 Å². The van der Waals surface area contributed by atoms with Crippen LogP contribution < -0.4 is 5.73 Å². The monoisotopic (exact) mass is 285 g/mol. The van der Waals surface area contributed by atoms with Crippen LogP contribution in [0.25, 0.3) is 0 Å². The minimum atomic E-state index is -0.471. The number of hydrogen-bond acceptors (Lipinski definition) is 4. The van der Waals surface area contributed by atoms with E-state index in [4.69, 9.17) is 15.2 Å². The first-order chi connectivity index (χ1) is 9.60. The van der Waals surface area contributed by atoms with Crippen molar-refractivity contribution in [3.63, 3.8) is 0 Å². The zero-order chi connectivity index (χ0) is 15.0. The highest BCUT2D eigenvalue weighted by atomic mass is 16.6. The predicted molar refractivity (Wildman–Crippen MR) is 80.4 cm³/mol. The van der Waals surface area contributed by atoms with Crippen molar-refractivity contribution in [3.8, 4) is 0 Å². The predicted octanol–water partition coefficient (Wildman–Crippen LogP) is 3.03. The number of ether oxygens (including phenoxy) is 2. The lowest BCUT2D eigenvalue weighted by Gasteiger charge is -2.41. The molecule has 1 rings (SSSR count). The van der Waals surface area contributed by atoms with Gasteiger partial charge in [-0.3, -0.25) is 0 Å². The van der Waals surface area contributed by atoms with Gasteiger partial charge in [-0.25, -0.2) is 4.79 Å². The highest BCUT2D eigenvalue weighted by Crippen LogP contribution is 2.37. The lowest BCUT2D eigenvalue weighted by atomic mass is 9.77. The smallest absolute Gasteiger partial charge is 0.335 e. The minimum absolute atomic E-state index is 0.251. The number of esters is 1. The van der Waals surface area contributed by atoms with Crippen molar-refractivity contribution in [1.82, 2.24) is 0 Å². The molecule has 0 aliphatic heterocycles. The van der Waals surface area contributed by atoms with Crippen LogP contribution in [-0.2, 0) is 14.3 Å². The molecule has 0 amide bonds. The van der Waals surface area contributed by atoms with Gasteiger partial charge in [0.2, 0.25) is 0 Å². The van der Waals surface area contributed by atoms with E-state index in [9.17, 15) is 4.79 Å². The van der Waals surface area contributed by atoms with Crippen molar-refractivity contribution < 1.29 is 14.3 Å². The molecule has 4 nitrogen and oxygen atoms in total. The first kappa shape index (κ1) is 17.4. The number of nitrogens with two attached hydrogens (primary N) is 1. The average Bonchev–Trinajstić information content (AvgIpc) is 2.47. The molecule has 118 valence electrons. The van der Waals surface area contributed by atoms with Crippen LogP contribution in [0.3, 0.4) is 0 Å². The molecule has 0 radical (unpaired) electrons. The number of carbonyl (C=O) groups is 1. The quantitative estimate of drug-likeness (QED) is 0.696. The summed E-state index contributed by atoms with van der Waals surface area (Å²) in [6, 6.07) is 0. The fourth-order valence-electron chi connectivity index (χ4n) is 3.11. The molecular formula is C16H31NO3. The first-order valence-electron chi connectivity index (χ1n) is 8.15.